The van der Waals surface area contributed by atoms with Crippen molar-refractivity contribution < 1.29 is 4.79 Å². The Labute approximate surface area is 109 Å². The van der Waals surface area contributed by atoms with Crippen LogP contribution in [0.3, 0.4) is 0 Å². The van der Waals surface area contributed by atoms with Crippen LogP contribution < -0.4 is 5.73 Å². The fraction of sp³-hybridized carbons (Fsp3) is 0.692. The first-order valence-corrected chi connectivity index (χ1v) is 6.61. The second kappa shape index (κ2) is 6.42. The van der Waals surface area contributed by atoms with Gasteiger partial charge in [0, 0.05) is 20.1 Å². The second-order valence-electron chi connectivity index (χ2n) is 4.60. The topological polar surface area (TPSA) is 64.2 Å². The molecule has 1 rings (SSSR count). The molecule has 1 amide bonds. The molecule has 0 aliphatic heterocycles. The summed E-state index contributed by atoms with van der Waals surface area (Å²) in [7, 11) is 1.82. The van der Waals surface area contributed by atoms with Gasteiger partial charge in [-0.2, -0.15) is 5.10 Å². The molecule has 0 bridgehead atoms. The number of amides is 1. The predicted molar refractivity (Wildman–Crippen MR) is 73.5 cm³/mol. The number of nitrogens with zero attached hydrogens (tertiary/aromatic N) is 3. The number of aromatic nitrogens is 2. The third-order valence-corrected chi connectivity index (χ3v) is 3.12. The third kappa shape index (κ3) is 3.03. The van der Waals surface area contributed by atoms with Crippen LogP contribution in [-0.4, -0.2) is 34.2 Å². The number of hydrogen-bond donors (Lipinski definition) is 1. The molecule has 0 saturated carbocycles. The molecular weight excluding hydrogens is 228 g/mol. The monoisotopic (exact) mass is 252 g/mol. The molecule has 0 aliphatic rings. The Morgan fingerprint density at radius 1 is 1.39 bits per heavy atom. The molecule has 0 atom stereocenters. The number of hydrogen-bond acceptors (Lipinski definition) is 3. The van der Waals surface area contributed by atoms with E-state index in [1.807, 2.05) is 20.9 Å². The summed E-state index contributed by atoms with van der Waals surface area (Å²) in [5, 5.41) is 4.27. The van der Waals surface area contributed by atoms with Gasteiger partial charge in [-0.05, 0) is 20.3 Å². The van der Waals surface area contributed by atoms with Crippen molar-refractivity contribution in [1.82, 2.24) is 14.7 Å². The van der Waals surface area contributed by atoms with Crippen molar-refractivity contribution >= 4 is 11.6 Å². The largest absolute Gasteiger partial charge is 0.395 e. The van der Waals surface area contributed by atoms with Crippen LogP contribution in [0.5, 0.6) is 0 Å². The Hall–Kier alpha value is -1.52. The molecule has 0 radical (unpaired) electrons. The van der Waals surface area contributed by atoms with Crippen LogP contribution in [0.1, 0.15) is 49.3 Å². The van der Waals surface area contributed by atoms with E-state index < -0.39 is 0 Å². The zero-order valence-electron chi connectivity index (χ0n) is 11.9. The second-order valence-corrected chi connectivity index (χ2v) is 4.60. The number of anilines is 1. The first kappa shape index (κ1) is 14.5. The van der Waals surface area contributed by atoms with Crippen LogP contribution in [0.15, 0.2) is 0 Å². The zero-order chi connectivity index (χ0) is 13.7. The number of nitrogens with two attached hydrogens (primary N) is 1. The van der Waals surface area contributed by atoms with Crippen molar-refractivity contribution in [1.29, 1.82) is 0 Å². The fourth-order valence-electron chi connectivity index (χ4n) is 1.93. The summed E-state index contributed by atoms with van der Waals surface area (Å²) in [5.74, 6) is -0.0361. The van der Waals surface area contributed by atoms with E-state index in [0.717, 1.165) is 31.5 Å². The van der Waals surface area contributed by atoms with E-state index in [1.54, 1.807) is 9.58 Å². The number of carbonyl (C=O) groups is 1. The molecule has 18 heavy (non-hydrogen) atoms. The van der Waals surface area contributed by atoms with Gasteiger partial charge in [-0.3, -0.25) is 9.48 Å². The van der Waals surface area contributed by atoms with Gasteiger partial charge >= 0.3 is 0 Å². The SMILES string of the molecule is CCCCCN(C)C(=O)c1c(N)c(C)nn1CC. The van der Waals surface area contributed by atoms with Crippen LogP contribution in [0.4, 0.5) is 5.69 Å². The molecule has 0 saturated heterocycles. The van der Waals surface area contributed by atoms with Crippen molar-refractivity contribution in [3.63, 3.8) is 0 Å². The highest BCUT2D eigenvalue weighted by atomic mass is 16.2. The van der Waals surface area contributed by atoms with Gasteiger partial charge < -0.3 is 10.6 Å². The molecule has 5 heteroatoms. The van der Waals surface area contributed by atoms with Crippen LogP contribution in [0.25, 0.3) is 0 Å². The quantitative estimate of drug-likeness (QED) is 0.788. The highest BCUT2D eigenvalue weighted by Gasteiger charge is 2.21. The maximum Gasteiger partial charge on any atom is 0.274 e. The van der Waals surface area contributed by atoms with Gasteiger partial charge in [-0.1, -0.05) is 19.8 Å². The summed E-state index contributed by atoms with van der Waals surface area (Å²) >= 11 is 0. The van der Waals surface area contributed by atoms with E-state index in [2.05, 4.69) is 12.0 Å². The number of nitrogen functional groups attached to an aromatic ring is 1. The Morgan fingerprint density at radius 2 is 2.06 bits per heavy atom. The summed E-state index contributed by atoms with van der Waals surface area (Å²) in [6.07, 6.45) is 3.31. The van der Waals surface area contributed by atoms with Gasteiger partial charge in [0.25, 0.3) is 5.91 Å². The molecule has 1 aromatic heterocycles. The summed E-state index contributed by atoms with van der Waals surface area (Å²) in [6, 6.07) is 0. The normalized spacial score (nSPS) is 10.7. The lowest BCUT2D eigenvalue weighted by Gasteiger charge is -2.17. The van der Waals surface area contributed by atoms with E-state index in [0.29, 0.717) is 17.9 Å². The predicted octanol–water partition coefficient (Wildman–Crippen LogP) is 2.06. The molecule has 102 valence electrons. The average molecular weight is 252 g/mol. The summed E-state index contributed by atoms with van der Waals surface area (Å²) in [6.45, 7) is 7.35. The lowest BCUT2D eigenvalue weighted by atomic mass is 10.2. The van der Waals surface area contributed by atoms with E-state index in [4.69, 9.17) is 5.73 Å². The van der Waals surface area contributed by atoms with Gasteiger partial charge in [0.1, 0.15) is 5.69 Å². The van der Waals surface area contributed by atoms with Crippen molar-refractivity contribution in [3.8, 4) is 0 Å². The lowest BCUT2D eigenvalue weighted by Crippen LogP contribution is -2.30. The van der Waals surface area contributed by atoms with Crippen LogP contribution in [0, 0.1) is 6.92 Å². The third-order valence-electron chi connectivity index (χ3n) is 3.12. The molecule has 0 unspecified atom stereocenters. The van der Waals surface area contributed by atoms with Gasteiger partial charge in [-0.15, -0.1) is 0 Å². The van der Waals surface area contributed by atoms with E-state index in [-0.39, 0.29) is 5.91 Å². The minimum atomic E-state index is -0.0361. The van der Waals surface area contributed by atoms with Crippen molar-refractivity contribution in [3.05, 3.63) is 11.4 Å². The molecule has 5 nitrogen and oxygen atoms in total. The molecule has 1 heterocycles. The Morgan fingerprint density at radius 3 is 2.61 bits per heavy atom. The molecule has 2 N–H and O–H groups in total. The first-order valence-electron chi connectivity index (χ1n) is 6.61. The highest BCUT2D eigenvalue weighted by molar-refractivity contribution is 5.97. The average Bonchev–Trinajstić information content (AvgIpc) is 2.64. The molecule has 0 aromatic carbocycles. The first-order chi connectivity index (χ1) is 8.52. The van der Waals surface area contributed by atoms with Crippen LogP contribution in [0.2, 0.25) is 0 Å². The smallest absolute Gasteiger partial charge is 0.274 e. The maximum absolute atomic E-state index is 12.3. The number of aryl methyl sites for hydroxylation is 2. The molecule has 0 aliphatic carbocycles. The van der Waals surface area contributed by atoms with Gasteiger partial charge in [0.15, 0.2) is 0 Å². The number of carbonyl (C=O) groups excluding carboxylic acids is 1. The minimum absolute atomic E-state index is 0.0361. The zero-order valence-corrected chi connectivity index (χ0v) is 11.9. The van der Waals surface area contributed by atoms with E-state index in [1.165, 1.54) is 0 Å². The Bertz CT molecular complexity index is 411. The lowest BCUT2D eigenvalue weighted by molar-refractivity contribution is 0.0781. The summed E-state index contributed by atoms with van der Waals surface area (Å²) < 4.78 is 1.68. The van der Waals surface area contributed by atoms with Crippen molar-refractivity contribution in [2.24, 2.45) is 0 Å². The summed E-state index contributed by atoms with van der Waals surface area (Å²) in [5.41, 5.74) is 7.69. The van der Waals surface area contributed by atoms with Crippen LogP contribution >= 0.6 is 0 Å². The van der Waals surface area contributed by atoms with Crippen LogP contribution in [-0.2, 0) is 6.54 Å². The molecular formula is C13H24N4O. The van der Waals surface area contributed by atoms with Crippen molar-refractivity contribution in [2.75, 3.05) is 19.3 Å². The van der Waals surface area contributed by atoms with Crippen molar-refractivity contribution in [2.45, 2.75) is 46.6 Å². The molecule has 1 aromatic rings. The Kier molecular flexibility index (Phi) is 5.19. The molecule has 0 fully saturated rings. The maximum atomic E-state index is 12.3. The summed E-state index contributed by atoms with van der Waals surface area (Å²) in [4.78, 5) is 14.1. The number of rotatable bonds is 6. The van der Waals surface area contributed by atoms with E-state index >= 15 is 0 Å². The van der Waals surface area contributed by atoms with Gasteiger partial charge in [0.2, 0.25) is 0 Å². The van der Waals surface area contributed by atoms with Gasteiger partial charge in [0.05, 0.1) is 11.4 Å². The standard InChI is InChI=1S/C13H24N4O/c1-5-7-8-9-16(4)13(18)12-11(14)10(3)15-17(12)6-2/h5-9,14H2,1-4H3. The van der Waals surface area contributed by atoms with E-state index in [9.17, 15) is 4.79 Å². The highest BCUT2D eigenvalue weighted by Crippen LogP contribution is 2.18. The minimum Gasteiger partial charge on any atom is -0.395 e. The van der Waals surface area contributed by atoms with Gasteiger partial charge in [-0.25, -0.2) is 0 Å². The fourth-order valence-corrected chi connectivity index (χ4v) is 1.93. The molecule has 0 spiro atoms. The number of unbranched alkanes of at least 4 members (excludes halogenated alkanes) is 2. The Balaban J connectivity index is 2.82.